The zero-order chi connectivity index (χ0) is 11.5. The van der Waals surface area contributed by atoms with Crippen molar-refractivity contribution < 1.29 is 0 Å². The minimum absolute atomic E-state index is 0.725. The van der Waals surface area contributed by atoms with E-state index in [1.807, 2.05) is 49.2 Å². The Hall–Kier alpha value is -1.32. The van der Waals surface area contributed by atoms with Gasteiger partial charge in [-0.05, 0) is 37.2 Å². The van der Waals surface area contributed by atoms with E-state index in [1.165, 1.54) is 5.56 Å². The largest absolute Gasteiger partial charge is 0.316 e. The lowest BCUT2D eigenvalue weighted by molar-refractivity contribution is 0.789. The fourth-order valence-electron chi connectivity index (χ4n) is 1.63. The molecule has 1 heterocycles. The molecule has 3 nitrogen and oxygen atoms in total. The summed E-state index contributed by atoms with van der Waals surface area (Å²) in [6.07, 6.45) is 3.83. The average molecular weight is 236 g/mol. The van der Waals surface area contributed by atoms with Crippen molar-refractivity contribution in [1.82, 2.24) is 15.1 Å². The van der Waals surface area contributed by atoms with Crippen LogP contribution in [0.25, 0.3) is 5.69 Å². The molecule has 0 unspecified atom stereocenters. The lowest BCUT2D eigenvalue weighted by Gasteiger charge is -2.09. The van der Waals surface area contributed by atoms with Gasteiger partial charge in [0.1, 0.15) is 0 Å². The van der Waals surface area contributed by atoms with Crippen LogP contribution in [0.15, 0.2) is 30.6 Å². The molecule has 0 amide bonds. The molecule has 0 spiro atoms. The zero-order valence-corrected chi connectivity index (χ0v) is 10.1. The zero-order valence-electron chi connectivity index (χ0n) is 9.37. The Balaban J connectivity index is 2.48. The van der Waals surface area contributed by atoms with Crippen molar-refractivity contribution in [3.05, 3.63) is 46.7 Å². The molecule has 1 aromatic heterocycles. The van der Waals surface area contributed by atoms with Gasteiger partial charge in [0.15, 0.2) is 0 Å². The van der Waals surface area contributed by atoms with Crippen LogP contribution in [-0.2, 0) is 6.54 Å². The van der Waals surface area contributed by atoms with E-state index >= 15 is 0 Å². The second-order valence-electron chi connectivity index (χ2n) is 3.77. The number of benzene rings is 1. The van der Waals surface area contributed by atoms with Gasteiger partial charge in [0.25, 0.3) is 0 Å². The van der Waals surface area contributed by atoms with Gasteiger partial charge in [-0.15, -0.1) is 0 Å². The van der Waals surface area contributed by atoms with Gasteiger partial charge in [0.05, 0.1) is 11.9 Å². The lowest BCUT2D eigenvalue weighted by Crippen LogP contribution is -2.09. The summed E-state index contributed by atoms with van der Waals surface area (Å²) in [7, 11) is 1.92. The highest BCUT2D eigenvalue weighted by molar-refractivity contribution is 6.30. The van der Waals surface area contributed by atoms with E-state index < -0.39 is 0 Å². The smallest absolute Gasteiger partial charge is 0.0705 e. The van der Waals surface area contributed by atoms with Crippen molar-refractivity contribution in [2.75, 3.05) is 7.05 Å². The monoisotopic (exact) mass is 235 g/mol. The summed E-state index contributed by atoms with van der Waals surface area (Å²) in [6.45, 7) is 2.82. The van der Waals surface area contributed by atoms with E-state index in [0.29, 0.717) is 0 Å². The molecule has 0 saturated carbocycles. The molecule has 0 aliphatic heterocycles. The Morgan fingerprint density at radius 3 is 2.88 bits per heavy atom. The van der Waals surface area contributed by atoms with Gasteiger partial charge >= 0.3 is 0 Å². The molecule has 84 valence electrons. The molecule has 0 saturated heterocycles. The number of halogens is 1. The summed E-state index contributed by atoms with van der Waals surface area (Å²) in [4.78, 5) is 0. The molecule has 16 heavy (non-hydrogen) atoms. The number of aryl methyl sites for hydroxylation is 1. The first-order valence-corrected chi connectivity index (χ1v) is 5.53. The Morgan fingerprint density at radius 1 is 1.44 bits per heavy atom. The molecule has 0 aliphatic rings. The van der Waals surface area contributed by atoms with Crippen LogP contribution in [0.2, 0.25) is 5.02 Å². The summed E-state index contributed by atoms with van der Waals surface area (Å²) < 4.78 is 1.86. The normalized spacial score (nSPS) is 10.7. The molecule has 2 aromatic rings. The third-order valence-electron chi connectivity index (χ3n) is 2.37. The Labute approximate surface area is 100 Å². The van der Waals surface area contributed by atoms with Crippen LogP contribution in [0.1, 0.15) is 11.1 Å². The maximum absolute atomic E-state index is 6.01. The van der Waals surface area contributed by atoms with Crippen molar-refractivity contribution in [2.45, 2.75) is 13.5 Å². The highest BCUT2D eigenvalue weighted by Gasteiger charge is 2.05. The minimum Gasteiger partial charge on any atom is -0.316 e. The van der Waals surface area contributed by atoms with Gasteiger partial charge in [-0.3, -0.25) is 0 Å². The highest BCUT2D eigenvalue weighted by atomic mass is 35.5. The molecule has 0 atom stereocenters. The molecular formula is C12H14ClN3. The first kappa shape index (κ1) is 11.2. The number of nitrogens with one attached hydrogen (secondary N) is 1. The fraction of sp³-hybridized carbons (Fsp3) is 0.250. The maximum atomic E-state index is 6.01. The van der Waals surface area contributed by atoms with Gasteiger partial charge in [0.2, 0.25) is 0 Å². The topological polar surface area (TPSA) is 29.9 Å². The van der Waals surface area contributed by atoms with Crippen LogP contribution in [0.5, 0.6) is 0 Å². The maximum Gasteiger partial charge on any atom is 0.0705 e. The van der Waals surface area contributed by atoms with Crippen LogP contribution in [0.3, 0.4) is 0 Å². The van der Waals surface area contributed by atoms with Crippen molar-refractivity contribution in [1.29, 1.82) is 0 Å². The van der Waals surface area contributed by atoms with E-state index in [2.05, 4.69) is 10.4 Å². The molecule has 1 N–H and O–H groups in total. The van der Waals surface area contributed by atoms with Gasteiger partial charge in [0, 0.05) is 17.8 Å². The number of nitrogens with zero attached hydrogens (tertiary/aromatic N) is 2. The van der Waals surface area contributed by atoms with Crippen molar-refractivity contribution in [3.8, 4) is 5.69 Å². The predicted molar refractivity (Wildman–Crippen MR) is 66.1 cm³/mol. The highest BCUT2D eigenvalue weighted by Crippen LogP contribution is 2.19. The predicted octanol–water partition coefficient (Wildman–Crippen LogP) is 2.55. The molecule has 0 radical (unpaired) electrons. The summed E-state index contributed by atoms with van der Waals surface area (Å²) >= 11 is 6.01. The summed E-state index contributed by atoms with van der Waals surface area (Å²) in [5, 5.41) is 8.16. The average Bonchev–Trinajstić information content (AvgIpc) is 2.68. The first-order valence-electron chi connectivity index (χ1n) is 5.15. The van der Waals surface area contributed by atoms with Crippen molar-refractivity contribution >= 4 is 11.6 Å². The molecule has 2 rings (SSSR count). The number of aromatic nitrogens is 2. The Kier molecular flexibility index (Phi) is 3.27. The number of hydrogen-bond donors (Lipinski definition) is 1. The van der Waals surface area contributed by atoms with Gasteiger partial charge < -0.3 is 5.32 Å². The Morgan fingerprint density at radius 2 is 2.25 bits per heavy atom. The molecule has 0 fully saturated rings. The van der Waals surface area contributed by atoms with Crippen LogP contribution in [-0.4, -0.2) is 16.8 Å². The number of rotatable bonds is 3. The van der Waals surface area contributed by atoms with E-state index in [9.17, 15) is 0 Å². The summed E-state index contributed by atoms with van der Waals surface area (Å²) in [5.74, 6) is 0. The fourth-order valence-corrected chi connectivity index (χ4v) is 1.80. The molecule has 1 aromatic carbocycles. The van der Waals surface area contributed by atoms with E-state index in [4.69, 9.17) is 11.6 Å². The Bertz CT molecular complexity index is 491. The molecule has 0 bridgehead atoms. The minimum atomic E-state index is 0.725. The third kappa shape index (κ3) is 2.26. The first-order chi connectivity index (χ1) is 7.70. The van der Waals surface area contributed by atoms with Gasteiger partial charge in [-0.25, -0.2) is 4.68 Å². The van der Waals surface area contributed by atoms with E-state index in [-0.39, 0.29) is 0 Å². The SMILES string of the molecule is CNCc1ccc(Cl)cc1-n1cc(C)cn1. The summed E-state index contributed by atoms with van der Waals surface area (Å²) in [6, 6.07) is 5.85. The van der Waals surface area contributed by atoms with Gasteiger partial charge in [-0.1, -0.05) is 17.7 Å². The van der Waals surface area contributed by atoms with Crippen LogP contribution >= 0.6 is 11.6 Å². The third-order valence-corrected chi connectivity index (χ3v) is 2.61. The second-order valence-corrected chi connectivity index (χ2v) is 4.20. The van der Waals surface area contributed by atoms with Crippen LogP contribution in [0, 0.1) is 6.92 Å². The second kappa shape index (κ2) is 4.68. The molecule has 4 heteroatoms. The van der Waals surface area contributed by atoms with Crippen molar-refractivity contribution in [2.24, 2.45) is 0 Å². The summed E-state index contributed by atoms with van der Waals surface area (Å²) in [5.41, 5.74) is 3.33. The van der Waals surface area contributed by atoms with Crippen LogP contribution < -0.4 is 5.32 Å². The van der Waals surface area contributed by atoms with Gasteiger partial charge in [-0.2, -0.15) is 5.10 Å². The van der Waals surface area contributed by atoms with E-state index in [0.717, 1.165) is 22.8 Å². The quantitative estimate of drug-likeness (QED) is 0.886. The number of hydrogen-bond acceptors (Lipinski definition) is 2. The van der Waals surface area contributed by atoms with Crippen molar-refractivity contribution in [3.63, 3.8) is 0 Å². The van der Waals surface area contributed by atoms with Crippen LogP contribution in [0.4, 0.5) is 0 Å². The molecule has 0 aliphatic carbocycles. The standard InChI is InChI=1S/C12H14ClN3/c1-9-6-15-16(8-9)12-5-11(13)4-3-10(12)7-14-2/h3-6,8,14H,7H2,1-2H3. The van der Waals surface area contributed by atoms with E-state index in [1.54, 1.807) is 0 Å². The lowest BCUT2D eigenvalue weighted by atomic mass is 10.2. The molecular weight excluding hydrogens is 222 g/mol.